The summed E-state index contributed by atoms with van der Waals surface area (Å²) in [5, 5.41) is 1.65. The lowest BCUT2D eigenvalue weighted by Crippen LogP contribution is -2.40. The summed E-state index contributed by atoms with van der Waals surface area (Å²) in [6.45, 7) is 6.79. The van der Waals surface area contributed by atoms with Crippen molar-refractivity contribution in [2.45, 2.75) is 13.8 Å². The van der Waals surface area contributed by atoms with Crippen molar-refractivity contribution < 1.29 is 13.9 Å². The summed E-state index contributed by atoms with van der Waals surface area (Å²) < 4.78 is 11.6. The van der Waals surface area contributed by atoms with E-state index in [9.17, 15) is 9.59 Å². The number of likely N-dealkylation sites (N-methyl/N-ethyl adjacent to an activating group) is 1. The third kappa shape index (κ3) is 4.59. The Morgan fingerprint density at radius 2 is 1.91 bits per heavy atom. The molecule has 0 N–H and O–H groups in total. The fourth-order valence-electron chi connectivity index (χ4n) is 3.64. The minimum atomic E-state index is -0.678. The number of methoxy groups -OCH3 is 1. The Bertz CT molecular complexity index is 1360. The van der Waals surface area contributed by atoms with Gasteiger partial charge in [0.25, 0.3) is 5.91 Å². The topological polar surface area (TPSA) is 75.9 Å². The van der Waals surface area contributed by atoms with Crippen molar-refractivity contribution in [3.63, 3.8) is 0 Å². The number of nitrogens with zero attached hydrogens (tertiary/aromatic N) is 3. The third-order valence-corrected chi connectivity index (χ3v) is 7.09. The molecular formula is C24H24ClN3O4S. The number of hydrogen-bond acceptors (Lipinski definition) is 7. The first kappa shape index (κ1) is 23.2. The zero-order valence-corrected chi connectivity index (χ0v) is 20.2. The molecule has 7 nitrogen and oxygen atoms in total. The quantitative estimate of drug-likeness (QED) is 0.325. The van der Waals surface area contributed by atoms with Gasteiger partial charge in [0, 0.05) is 18.5 Å². The molecule has 0 bridgehead atoms. The van der Waals surface area contributed by atoms with Gasteiger partial charge < -0.3 is 14.1 Å². The third-order valence-electron chi connectivity index (χ3n) is 5.55. The molecule has 9 heteroatoms. The second kappa shape index (κ2) is 9.91. The van der Waals surface area contributed by atoms with Crippen molar-refractivity contribution in [1.29, 1.82) is 0 Å². The van der Waals surface area contributed by atoms with Gasteiger partial charge in [-0.1, -0.05) is 55.0 Å². The average Bonchev–Trinajstić information content (AvgIpc) is 3.27. The van der Waals surface area contributed by atoms with Crippen molar-refractivity contribution in [1.82, 2.24) is 9.88 Å². The summed E-state index contributed by atoms with van der Waals surface area (Å²) in [6, 6.07) is 12.2. The van der Waals surface area contributed by atoms with E-state index in [-0.39, 0.29) is 5.56 Å². The Balaban J connectivity index is 1.81. The lowest BCUT2D eigenvalue weighted by molar-refractivity contribution is 0.0980. The molecule has 4 aromatic rings. The number of anilines is 1. The fourth-order valence-corrected chi connectivity index (χ4v) is 4.92. The number of carbonyl (C=O) groups excluding carboxylic acids is 1. The highest BCUT2D eigenvalue weighted by Gasteiger charge is 2.26. The molecule has 0 spiro atoms. The van der Waals surface area contributed by atoms with E-state index in [0.29, 0.717) is 45.5 Å². The van der Waals surface area contributed by atoms with Crippen molar-refractivity contribution in [3.05, 3.63) is 63.5 Å². The van der Waals surface area contributed by atoms with Crippen LogP contribution in [0.4, 0.5) is 5.13 Å². The van der Waals surface area contributed by atoms with Crippen molar-refractivity contribution in [3.8, 4) is 5.75 Å². The second-order valence-electron chi connectivity index (χ2n) is 7.39. The summed E-state index contributed by atoms with van der Waals surface area (Å²) in [5.74, 6) is 0.106. The van der Waals surface area contributed by atoms with E-state index in [4.69, 9.17) is 20.8 Å². The molecule has 2 aromatic heterocycles. The zero-order chi connectivity index (χ0) is 23.5. The molecule has 33 heavy (non-hydrogen) atoms. The number of ether oxygens (including phenoxy) is 1. The SMILES string of the molecule is CCN(CC)CCN(C(=O)c1cc2ccccc2oc1=O)c1nc2c(OC)ccc(Cl)c2s1. The molecule has 0 aliphatic rings. The van der Waals surface area contributed by atoms with Gasteiger partial charge in [-0.25, -0.2) is 9.78 Å². The normalized spacial score (nSPS) is 11.4. The monoisotopic (exact) mass is 485 g/mol. The molecule has 0 saturated carbocycles. The minimum absolute atomic E-state index is 0.0365. The number of rotatable bonds is 8. The maximum Gasteiger partial charge on any atom is 0.349 e. The predicted octanol–water partition coefficient (Wildman–Crippen LogP) is 5.05. The van der Waals surface area contributed by atoms with E-state index < -0.39 is 11.5 Å². The van der Waals surface area contributed by atoms with Gasteiger partial charge in [-0.15, -0.1) is 0 Å². The van der Waals surface area contributed by atoms with Crippen LogP contribution >= 0.6 is 22.9 Å². The Kier molecular flexibility index (Phi) is 6.97. The Labute approximate surface area is 200 Å². The number of fused-ring (bicyclic) bond motifs is 2. The summed E-state index contributed by atoms with van der Waals surface area (Å²) in [4.78, 5) is 34.8. The van der Waals surface area contributed by atoms with Gasteiger partial charge in [-0.3, -0.25) is 9.69 Å². The number of amides is 1. The number of benzene rings is 2. The number of carbonyl (C=O) groups is 1. The van der Waals surface area contributed by atoms with Crippen LogP contribution in [0.5, 0.6) is 5.75 Å². The van der Waals surface area contributed by atoms with E-state index in [0.717, 1.165) is 17.8 Å². The first-order valence-electron chi connectivity index (χ1n) is 10.7. The van der Waals surface area contributed by atoms with Gasteiger partial charge in [-0.2, -0.15) is 0 Å². The number of para-hydroxylation sites is 1. The second-order valence-corrected chi connectivity index (χ2v) is 8.78. The molecule has 0 fully saturated rings. The summed E-state index contributed by atoms with van der Waals surface area (Å²) in [6.07, 6.45) is 0. The van der Waals surface area contributed by atoms with Crippen LogP contribution in [0.15, 0.2) is 51.7 Å². The van der Waals surface area contributed by atoms with Gasteiger partial charge in [-0.05, 0) is 37.4 Å². The number of halogens is 1. The molecule has 0 aliphatic carbocycles. The van der Waals surface area contributed by atoms with Gasteiger partial charge in [0.1, 0.15) is 22.4 Å². The molecule has 0 saturated heterocycles. The molecule has 2 heterocycles. The minimum Gasteiger partial charge on any atom is -0.494 e. The Hall–Kier alpha value is -2.94. The lowest BCUT2D eigenvalue weighted by atomic mass is 10.1. The van der Waals surface area contributed by atoms with E-state index >= 15 is 0 Å². The van der Waals surface area contributed by atoms with Crippen LogP contribution in [-0.2, 0) is 0 Å². The van der Waals surface area contributed by atoms with Crippen molar-refractivity contribution >= 4 is 55.2 Å². The predicted molar refractivity (Wildman–Crippen MR) is 133 cm³/mol. The van der Waals surface area contributed by atoms with E-state index in [2.05, 4.69) is 23.7 Å². The summed E-state index contributed by atoms with van der Waals surface area (Å²) in [7, 11) is 1.56. The highest BCUT2D eigenvalue weighted by Crippen LogP contribution is 2.39. The standard InChI is InChI=1S/C24H24ClN3O4S/c1-4-27(5-2)12-13-28(24-26-20-19(31-3)11-10-17(25)21(20)33-24)22(29)16-14-15-8-6-7-9-18(15)32-23(16)30/h6-11,14H,4-5,12-13H2,1-3H3. The number of aromatic nitrogens is 1. The van der Waals surface area contributed by atoms with Gasteiger partial charge in [0.05, 0.1) is 16.8 Å². The van der Waals surface area contributed by atoms with E-state index in [1.165, 1.54) is 16.2 Å². The molecule has 4 rings (SSSR count). The van der Waals surface area contributed by atoms with Crippen LogP contribution in [0.1, 0.15) is 24.2 Å². The first-order chi connectivity index (χ1) is 16.0. The van der Waals surface area contributed by atoms with Crippen LogP contribution in [0.25, 0.3) is 21.2 Å². The molecule has 0 atom stereocenters. The Morgan fingerprint density at radius 1 is 1.15 bits per heavy atom. The fraction of sp³-hybridized carbons (Fsp3) is 0.292. The molecule has 0 aliphatic heterocycles. The van der Waals surface area contributed by atoms with Crippen molar-refractivity contribution in [2.24, 2.45) is 0 Å². The van der Waals surface area contributed by atoms with Crippen LogP contribution in [0.3, 0.4) is 0 Å². The maximum absolute atomic E-state index is 13.7. The molecule has 0 radical (unpaired) electrons. The summed E-state index contributed by atoms with van der Waals surface area (Å²) >= 11 is 7.69. The number of thiazole rings is 1. The summed E-state index contributed by atoms with van der Waals surface area (Å²) in [5.41, 5.74) is 0.301. The molecule has 172 valence electrons. The van der Waals surface area contributed by atoms with Crippen LogP contribution in [0.2, 0.25) is 5.02 Å². The van der Waals surface area contributed by atoms with E-state index in [1.54, 1.807) is 43.5 Å². The number of hydrogen-bond donors (Lipinski definition) is 0. The van der Waals surface area contributed by atoms with Crippen molar-refractivity contribution in [2.75, 3.05) is 38.2 Å². The first-order valence-corrected chi connectivity index (χ1v) is 11.9. The van der Waals surface area contributed by atoms with Crippen LogP contribution < -0.4 is 15.3 Å². The largest absolute Gasteiger partial charge is 0.494 e. The average molecular weight is 486 g/mol. The highest BCUT2D eigenvalue weighted by molar-refractivity contribution is 7.23. The van der Waals surface area contributed by atoms with Crippen LogP contribution in [0, 0.1) is 0 Å². The van der Waals surface area contributed by atoms with Crippen LogP contribution in [-0.4, -0.2) is 49.1 Å². The van der Waals surface area contributed by atoms with Gasteiger partial charge in [0.15, 0.2) is 5.13 Å². The van der Waals surface area contributed by atoms with E-state index in [1.807, 2.05) is 6.07 Å². The van der Waals surface area contributed by atoms with Gasteiger partial charge >= 0.3 is 5.63 Å². The lowest BCUT2D eigenvalue weighted by Gasteiger charge is -2.24. The maximum atomic E-state index is 13.7. The highest BCUT2D eigenvalue weighted by atomic mass is 35.5. The van der Waals surface area contributed by atoms with Gasteiger partial charge in [0.2, 0.25) is 0 Å². The smallest absolute Gasteiger partial charge is 0.349 e. The molecular weight excluding hydrogens is 462 g/mol. The molecule has 0 unspecified atom stereocenters. The molecule has 2 aromatic carbocycles. The molecule has 1 amide bonds. The zero-order valence-electron chi connectivity index (χ0n) is 18.6. The Morgan fingerprint density at radius 3 is 2.64 bits per heavy atom.